The van der Waals surface area contributed by atoms with Crippen LogP contribution in [0.1, 0.15) is 23.7 Å². The monoisotopic (exact) mass is 351 g/mol. The van der Waals surface area contributed by atoms with Gasteiger partial charge in [-0.25, -0.2) is 0 Å². The predicted octanol–water partition coefficient (Wildman–Crippen LogP) is 5.11. The summed E-state index contributed by atoms with van der Waals surface area (Å²) < 4.78 is 0. The van der Waals surface area contributed by atoms with Gasteiger partial charge >= 0.3 is 0 Å². The lowest BCUT2D eigenvalue weighted by molar-refractivity contribution is -0.120. The van der Waals surface area contributed by atoms with Gasteiger partial charge in [0.25, 0.3) is 0 Å². The number of thioether (sulfide) groups is 1. The molecule has 0 aliphatic heterocycles. The molecule has 2 aromatic carbocycles. The molecule has 0 bridgehead atoms. The van der Waals surface area contributed by atoms with Crippen molar-refractivity contribution in [3.8, 4) is 0 Å². The van der Waals surface area contributed by atoms with Crippen molar-refractivity contribution in [2.24, 2.45) is 0 Å². The number of rotatable bonds is 5. The van der Waals surface area contributed by atoms with Crippen molar-refractivity contribution >= 4 is 40.9 Å². The summed E-state index contributed by atoms with van der Waals surface area (Å²) >= 11 is 13.9. The second-order valence-corrected chi connectivity index (χ2v) is 7.17. The molecule has 1 saturated carbocycles. The van der Waals surface area contributed by atoms with Crippen LogP contribution in [-0.2, 0) is 4.79 Å². The largest absolute Gasteiger partial charge is 0.352 e. The Morgan fingerprint density at radius 2 is 1.68 bits per heavy atom. The summed E-state index contributed by atoms with van der Waals surface area (Å²) in [5.41, 5.74) is 0.946. The van der Waals surface area contributed by atoms with E-state index in [1.807, 2.05) is 30.3 Å². The van der Waals surface area contributed by atoms with E-state index in [4.69, 9.17) is 23.2 Å². The summed E-state index contributed by atoms with van der Waals surface area (Å²) in [5.74, 6) is 0.00897. The van der Waals surface area contributed by atoms with E-state index in [9.17, 15) is 4.79 Å². The quantitative estimate of drug-likeness (QED) is 0.758. The average molecular weight is 352 g/mol. The van der Waals surface area contributed by atoms with Crippen molar-refractivity contribution in [3.63, 3.8) is 0 Å². The van der Waals surface area contributed by atoms with Crippen LogP contribution in [0.2, 0.25) is 10.0 Å². The number of nitrogens with one attached hydrogen (secondary N) is 1. The van der Waals surface area contributed by atoms with Crippen LogP contribution in [-0.4, -0.2) is 11.9 Å². The molecule has 1 N–H and O–H groups in total. The molecule has 2 aromatic rings. The Hall–Kier alpha value is -1.16. The SMILES string of the molecule is O=C(NC1CC1)[C@@H](Sc1c(Cl)cccc1Cl)c1ccccc1. The van der Waals surface area contributed by atoms with E-state index in [0.717, 1.165) is 23.3 Å². The van der Waals surface area contributed by atoms with Crippen molar-refractivity contribution in [2.75, 3.05) is 0 Å². The van der Waals surface area contributed by atoms with E-state index < -0.39 is 0 Å². The minimum Gasteiger partial charge on any atom is -0.352 e. The molecule has 0 radical (unpaired) electrons. The van der Waals surface area contributed by atoms with Gasteiger partial charge in [-0.05, 0) is 30.5 Å². The summed E-state index contributed by atoms with van der Waals surface area (Å²) in [6.07, 6.45) is 2.12. The molecule has 0 aromatic heterocycles. The van der Waals surface area contributed by atoms with Crippen LogP contribution in [0.3, 0.4) is 0 Å². The fourth-order valence-corrected chi connectivity index (χ4v) is 3.85. The van der Waals surface area contributed by atoms with Crippen LogP contribution < -0.4 is 5.32 Å². The zero-order valence-corrected chi connectivity index (χ0v) is 14.1. The van der Waals surface area contributed by atoms with Gasteiger partial charge in [0, 0.05) is 10.9 Å². The standard InChI is InChI=1S/C17H15Cl2NOS/c18-13-7-4-8-14(19)16(13)22-15(11-5-2-1-3-6-11)17(21)20-12-9-10-12/h1-8,12,15H,9-10H2,(H,20,21)/t15-/m0/s1. The molecule has 0 heterocycles. The first kappa shape index (κ1) is 15.7. The molecular formula is C17H15Cl2NOS. The Balaban J connectivity index is 1.89. The van der Waals surface area contributed by atoms with E-state index in [2.05, 4.69) is 5.32 Å². The maximum Gasteiger partial charge on any atom is 0.238 e. The number of halogens is 2. The smallest absolute Gasteiger partial charge is 0.238 e. The van der Waals surface area contributed by atoms with Gasteiger partial charge in [-0.3, -0.25) is 4.79 Å². The first-order valence-electron chi connectivity index (χ1n) is 7.11. The van der Waals surface area contributed by atoms with E-state index in [1.165, 1.54) is 11.8 Å². The Labute approximate surface area is 144 Å². The van der Waals surface area contributed by atoms with Gasteiger partial charge in [0.05, 0.1) is 10.0 Å². The fraction of sp³-hybridized carbons (Fsp3) is 0.235. The van der Waals surface area contributed by atoms with Crippen LogP contribution in [0, 0.1) is 0 Å². The lowest BCUT2D eigenvalue weighted by atomic mass is 10.1. The molecule has 1 atom stereocenters. The molecule has 0 spiro atoms. The Kier molecular flexibility index (Phi) is 4.97. The lowest BCUT2D eigenvalue weighted by Gasteiger charge is -2.18. The number of benzene rings is 2. The molecule has 5 heteroatoms. The van der Waals surface area contributed by atoms with Crippen LogP contribution in [0.15, 0.2) is 53.4 Å². The zero-order chi connectivity index (χ0) is 15.5. The van der Waals surface area contributed by atoms with Gasteiger partial charge in [0.1, 0.15) is 5.25 Å². The van der Waals surface area contributed by atoms with Crippen LogP contribution in [0.25, 0.3) is 0 Å². The second-order valence-electron chi connectivity index (χ2n) is 5.24. The maximum atomic E-state index is 12.6. The van der Waals surface area contributed by atoms with Gasteiger partial charge in [0.15, 0.2) is 0 Å². The summed E-state index contributed by atoms with van der Waals surface area (Å²) in [6.45, 7) is 0. The summed E-state index contributed by atoms with van der Waals surface area (Å²) in [7, 11) is 0. The topological polar surface area (TPSA) is 29.1 Å². The Bertz CT molecular complexity index is 653. The average Bonchev–Trinajstić information content (AvgIpc) is 3.31. The zero-order valence-electron chi connectivity index (χ0n) is 11.8. The van der Waals surface area contributed by atoms with Crippen molar-refractivity contribution in [3.05, 3.63) is 64.1 Å². The van der Waals surface area contributed by atoms with Crippen LogP contribution in [0.5, 0.6) is 0 Å². The molecule has 1 aliphatic carbocycles. The summed E-state index contributed by atoms with van der Waals surface area (Å²) in [6, 6.07) is 15.4. The first-order valence-corrected chi connectivity index (χ1v) is 8.74. The fourth-order valence-electron chi connectivity index (χ4n) is 2.12. The second kappa shape index (κ2) is 6.95. The van der Waals surface area contributed by atoms with E-state index in [0.29, 0.717) is 16.1 Å². The normalized spacial score (nSPS) is 15.4. The highest BCUT2D eigenvalue weighted by Crippen LogP contribution is 2.43. The Morgan fingerprint density at radius 3 is 2.27 bits per heavy atom. The number of hydrogen-bond acceptors (Lipinski definition) is 2. The number of carbonyl (C=O) groups excluding carboxylic acids is 1. The minimum absolute atomic E-state index is 0.00897. The van der Waals surface area contributed by atoms with Gasteiger partial charge in [0.2, 0.25) is 5.91 Å². The van der Waals surface area contributed by atoms with Crippen LogP contribution in [0.4, 0.5) is 0 Å². The third kappa shape index (κ3) is 3.78. The molecule has 22 heavy (non-hydrogen) atoms. The minimum atomic E-state index is -0.362. The van der Waals surface area contributed by atoms with Crippen molar-refractivity contribution < 1.29 is 4.79 Å². The van der Waals surface area contributed by atoms with Gasteiger partial charge in [-0.2, -0.15) is 0 Å². The molecule has 1 fully saturated rings. The van der Waals surface area contributed by atoms with Crippen molar-refractivity contribution in [1.29, 1.82) is 0 Å². The van der Waals surface area contributed by atoms with E-state index in [-0.39, 0.29) is 11.2 Å². The van der Waals surface area contributed by atoms with Crippen LogP contribution >= 0.6 is 35.0 Å². The predicted molar refractivity (Wildman–Crippen MR) is 92.7 cm³/mol. The number of hydrogen-bond donors (Lipinski definition) is 1. The van der Waals surface area contributed by atoms with Gasteiger partial charge in [-0.15, -0.1) is 11.8 Å². The summed E-state index contributed by atoms with van der Waals surface area (Å²) in [4.78, 5) is 13.3. The highest BCUT2D eigenvalue weighted by Gasteiger charge is 2.29. The first-order chi connectivity index (χ1) is 10.6. The third-order valence-electron chi connectivity index (χ3n) is 3.42. The molecule has 3 rings (SSSR count). The number of carbonyl (C=O) groups is 1. The van der Waals surface area contributed by atoms with E-state index in [1.54, 1.807) is 18.2 Å². The Morgan fingerprint density at radius 1 is 1.05 bits per heavy atom. The van der Waals surface area contributed by atoms with Crippen molar-refractivity contribution in [1.82, 2.24) is 5.32 Å². The molecule has 2 nitrogen and oxygen atoms in total. The molecule has 1 aliphatic rings. The van der Waals surface area contributed by atoms with E-state index >= 15 is 0 Å². The highest BCUT2D eigenvalue weighted by molar-refractivity contribution is 8.00. The molecule has 114 valence electrons. The van der Waals surface area contributed by atoms with Gasteiger partial charge in [-0.1, -0.05) is 59.6 Å². The lowest BCUT2D eigenvalue weighted by Crippen LogP contribution is -2.29. The molecule has 0 unspecified atom stereocenters. The summed E-state index contributed by atoms with van der Waals surface area (Å²) in [5, 5.41) is 3.84. The van der Waals surface area contributed by atoms with Crippen molar-refractivity contribution in [2.45, 2.75) is 29.0 Å². The highest BCUT2D eigenvalue weighted by atomic mass is 35.5. The molecule has 1 amide bonds. The third-order valence-corrected chi connectivity index (χ3v) is 5.67. The van der Waals surface area contributed by atoms with Gasteiger partial charge < -0.3 is 5.32 Å². The molecular weight excluding hydrogens is 337 g/mol. The molecule has 0 saturated heterocycles. The maximum absolute atomic E-state index is 12.6. The number of amides is 1.